The molecule has 1 atom stereocenters. The summed E-state index contributed by atoms with van der Waals surface area (Å²) >= 11 is 0. The van der Waals surface area contributed by atoms with Crippen LogP contribution >= 0.6 is 12.4 Å². The molecule has 3 N–H and O–H groups in total. The predicted molar refractivity (Wildman–Crippen MR) is 64.9 cm³/mol. The summed E-state index contributed by atoms with van der Waals surface area (Å²) in [6.45, 7) is 3.33. The van der Waals surface area contributed by atoms with E-state index < -0.39 is 11.5 Å². The SMILES string of the molecule is CCCC[C@@](N)(C(=O)O)C1CCOCC1.Cl. The van der Waals surface area contributed by atoms with Crippen molar-refractivity contribution in [3.8, 4) is 0 Å². The largest absolute Gasteiger partial charge is 0.480 e. The maximum Gasteiger partial charge on any atom is 0.323 e. The zero-order valence-corrected chi connectivity index (χ0v) is 10.6. The molecule has 0 amide bonds. The zero-order chi connectivity index (χ0) is 11.3. The Hall–Kier alpha value is -0.320. The fourth-order valence-corrected chi connectivity index (χ4v) is 2.17. The lowest BCUT2D eigenvalue weighted by Gasteiger charge is -2.36. The molecule has 1 aliphatic rings. The number of rotatable bonds is 5. The minimum absolute atomic E-state index is 0. The van der Waals surface area contributed by atoms with Crippen molar-refractivity contribution in [2.24, 2.45) is 11.7 Å². The Bertz CT molecular complexity index is 219. The number of carboxylic acid groups (broad SMARTS) is 1. The Balaban J connectivity index is 0.00000225. The van der Waals surface area contributed by atoms with E-state index >= 15 is 0 Å². The van der Waals surface area contributed by atoms with Crippen LogP contribution in [0.2, 0.25) is 0 Å². The molecule has 1 saturated heterocycles. The average Bonchev–Trinajstić information content (AvgIpc) is 2.27. The second-order valence-corrected chi connectivity index (χ2v) is 4.34. The van der Waals surface area contributed by atoms with Gasteiger partial charge >= 0.3 is 5.97 Å². The van der Waals surface area contributed by atoms with E-state index in [2.05, 4.69) is 0 Å². The molecular formula is C11H22ClNO3. The molecule has 1 rings (SSSR count). The highest BCUT2D eigenvalue weighted by Gasteiger charge is 2.41. The van der Waals surface area contributed by atoms with Gasteiger partial charge in [-0.1, -0.05) is 19.8 Å². The fraction of sp³-hybridized carbons (Fsp3) is 0.909. The Morgan fingerprint density at radius 2 is 2.06 bits per heavy atom. The minimum atomic E-state index is -1.04. The summed E-state index contributed by atoms with van der Waals surface area (Å²) < 4.78 is 5.23. The van der Waals surface area contributed by atoms with Gasteiger partial charge in [0.2, 0.25) is 0 Å². The summed E-state index contributed by atoms with van der Waals surface area (Å²) in [6.07, 6.45) is 3.97. The van der Waals surface area contributed by atoms with Gasteiger partial charge in [0.05, 0.1) is 0 Å². The van der Waals surface area contributed by atoms with Crippen molar-refractivity contribution >= 4 is 18.4 Å². The van der Waals surface area contributed by atoms with Crippen LogP contribution in [0.5, 0.6) is 0 Å². The molecule has 0 aromatic rings. The smallest absolute Gasteiger partial charge is 0.323 e. The quantitative estimate of drug-likeness (QED) is 0.782. The van der Waals surface area contributed by atoms with Crippen LogP contribution in [0.3, 0.4) is 0 Å². The summed E-state index contributed by atoms with van der Waals surface area (Å²) in [6, 6.07) is 0. The number of nitrogens with two attached hydrogens (primary N) is 1. The van der Waals surface area contributed by atoms with Crippen molar-refractivity contribution < 1.29 is 14.6 Å². The van der Waals surface area contributed by atoms with E-state index in [0.29, 0.717) is 19.6 Å². The predicted octanol–water partition coefficient (Wildman–Crippen LogP) is 1.81. The third kappa shape index (κ3) is 3.61. The van der Waals surface area contributed by atoms with E-state index in [1.54, 1.807) is 0 Å². The molecule has 0 spiro atoms. The first-order chi connectivity index (χ1) is 7.11. The molecule has 0 aromatic heterocycles. The second kappa shape index (κ2) is 7.09. The van der Waals surface area contributed by atoms with Crippen molar-refractivity contribution in [2.75, 3.05) is 13.2 Å². The summed E-state index contributed by atoms with van der Waals surface area (Å²) in [5.41, 5.74) is 5.00. The first-order valence-corrected chi connectivity index (χ1v) is 5.71. The highest BCUT2D eigenvalue weighted by atomic mass is 35.5. The average molecular weight is 252 g/mol. The molecule has 0 aliphatic carbocycles. The van der Waals surface area contributed by atoms with Gasteiger partial charge in [-0.15, -0.1) is 12.4 Å². The standard InChI is InChI=1S/C11H21NO3.ClH/c1-2-3-6-11(12,10(13)14)9-4-7-15-8-5-9;/h9H,2-8,12H2,1H3,(H,13,14);1H/t11-;/m0./s1. The maximum absolute atomic E-state index is 11.3. The molecule has 0 saturated carbocycles. The lowest BCUT2D eigenvalue weighted by molar-refractivity contribution is -0.147. The lowest BCUT2D eigenvalue weighted by Crippen LogP contribution is -2.55. The molecule has 0 aromatic carbocycles. The van der Waals surface area contributed by atoms with Crippen LogP contribution in [0.15, 0.2) is 0 Å². The molecule has 5 heteroatoms. The topological polar surface area (TPSA) is 72.6 Å². The number of halogens is 1. The van der Waals surface area contributed by atoms with Gasteiger partial charge in [0, 0.05) is 13.2 Å². The Kier molecular flexibility index (Phi) is 6.95. The van der Waals surface area contributed by atoms with Gasteiger partial charge in [-0.25, -0.2) is 0 Å². The highest BCUT2D eigenvalue weighted by Crippen LogP contribution is 2.30. The number of carbonyl (C=O) groups is 1. The van der Waals surface area contributed by atoms with Crippen molar-refractivity contribution in [1.82, 2.24) is 0 Å². The molecule has 96 valence electrons. The number of ether oxygens (including phenoxy) is 1. The van der Waals surface area contributed by atoms with Crippen LogP contribution < -0.4 is 5.73 Å². The summed E-state index contributed by atoms with van der Waals surface area (Å²) in [5, 5.41) is 9.25. The molecule has 0 bridgehead atoms. The number of aliphatic carboxylic acids is 1. The number of unbranched alkanes of at least 4 members (excludes halogenated alkanes) is 1. The van der Waals surface area contributed by atoms with E-state index in [-0.39, 0.29) is 18.3 Å². The Morgan fingerprint density at radius 1 is 1.50 bits per heavy atom. The molecule has 1 fully saturated rings. The van der Waals surface area contributed by atoms with E-state index in [1.165, 1.54) is 0 Å². The fourth-order valence-electron chi connectivity index (χ4n) is 2.17. The van der Waals surface area contributed by atoms with Gasteiger partial charge in [0.25, 0.3) is 0 Å². The monoisotopic (exact) mass is 251 g/mol. The molecule has 0 unspecified atom stereocenters. The lowest BCUT2D eigenvalue weighted by atomic mass is 9.76. The normalized spacial score (nSPS) is 20.9. The van der Waals surface area contributed by atoms with E-state index in [4.69, 9.17) is 10.5 Å². The van der Waals surface area contributed by atoms with Gasteiger partial charge in [-0.3, -0.25) is 4.79 Å². The first-order valence-electron chi connectivity index (χ1n) is 5.71. The van der Waals surface area contributed by atoms with Crippen molar-refractivity contribution in [1.29, 1.82) is 0 Å². The number of hydrogen-bond acceptors (Lipinski definition) is 3. The van der Waals surface area contributed by atoms with Crippen LogP contribution in [-0.4, -0.2) is 29.8 Å². The van der Waals surface area contributed by atoms with Gasteiger partial charge in [0.15, 0.2) is 0 Å². The van der Waals surface area contributed by atoms with E-state index in [1.807, 2.05) is 6.92 Å². The Morgan fingerprint density at radius 3 is 2.50 bits per heavy atom. The zero-order valence-electron chi connectivity index (χ0n) is 9.78. The second-order valence-electron chi connectivity index (χ2n) is 4.34. The number of carboxylic acids is 1. The van der Waals surface area contributed by atoms with Crippen molar-refractivity contribution in [3.63, 3.8) is 0 Å². The van der Waals surface area contributed by atoms with Crippen LogP contribution in [0.1, 0.15) is 39.0 Å². The van der Waals surface area contributed by atoms with Crippen LogP contribution in [0.25, 0.3) is 0 Å². The summed E-state index contributed by atoms with van der Waals surface area (Å²) in [5.74, 6) is -0.793. The highest BCUT2D eigenvalue weighted by molar-refractivity contribution is 5.85. The molecule has 1 aliphatic heterocycles. The summed E-state index contributed by atoms with van der Waals surface area (Å²) in [4.78, 5) is 11.3. The third-order valence-corrected chi connectivity index (χ3v) is 3.29. The third-order valence-electron chi connectivity index (χ3n) is 3.29. The van der Waals surface area contributed by atoms with Crippen molar-refractivity contribution in [2.45, 2.75) is 44.6 Å². The molecule has 16 heavy (non-hydrogen) atoms. The van der Waals surface area contributed by atoms with Gasteiger partial charge in [-0.05, 0) is 25.2 Å². The van der Waals surface area contributed by atoms with Crippen LogP contribution in [0.4, 0.5) is 0 Å². The van der Waals surface area contributed by atoms with Gasteiger partial charge in [-0.2, -0.15) is 0 Å². The van der Waals surface area contributed by atoms with E-state index in [9.17, 15) is 9.90 Å². The Labute approximate surface area is 103 Å². The van der Waals surface area contributed by atoms with Gasteiger partial charge in [0.1, 0.15) is 5.54 Å². The van der Waals surface area contributed by atoms with E-state index in [0.717, 1.165) is 25.7 Å². The first kappa shape index (κ1) is 15.7. The molecule has 4 nitrogen and oxygen atoms in total. The minimum Gasteiger partial charge on any atom is -0.480 e. The van der Waals surface area contributed by atoms with Crippen LogP contribution in [-0.2, 0) is 9.53 Å². The molecule has 1 heterocycles. The molecular weight excluding hydrogens is 230 g/mol. The van der Waals surface area contributed by atoms with Gasteiger partial charge < -0.3 is 15.6 Å². The van der Waals surface area contributed by atoms with Crippen LogP contribution in [0, 0.1) is 5.92 Å². The molecule has 0 radical (unpaired) electrons. The maximum atomic E-state index is 11.3. The summed E-state index contributed by atoms with van der Waals surface area (Å²) in [7, 11) is 0. The van der Waals surface area contributed by atoms with Crippen molar-refractivity contribution in [3.05, 3.63) is 0 Å². The number of hydrogen-bond donors (Lipinski definition) is 2.